The minimum absolute atomic E-state index is 0.0568. The van der Waals surface area contributed by atoms with Crippen LogP contribution in [0.4, 0.5) is 5.69 Å². The maximum absolute atomic E-state index is 12.1. The van der Waals surface area contributed by atoms with Crippen LogP contribution in [-0.4, -0.2) is 32.4 Å². The Morgan fingerprint density at radius 1 is 1.11 bits per heavy atom. The predicted octanol–water partition coefficient (Wildman–Crippen LogP) is 2.80. The molecule has 5 N–H and O–H groups in total. The molecular formula is C17H14Cl2N6O2S. The molecule has 0 fully saturated rings. The van der Waals surface area contributed by atoms with Gasteiger partial charge in [0.15, 0.2) is 5.82 Å². The zero-order chi connectivity index (χ0) is 20.3. The summed E-state index contributed by atoms with van der Waals surface area (Å²) in [5, 5.41) is 12.0. The van der Waals surface area contributed by atoms with Crippen LogP contribution in [0.25, 0.3) is 11.4 Å². The van der Waals surface area contributed by atoms with Crippen LogP contribution >= 0.6 is 35.0 Å². The number of hydrogen-bond acceptors (Lipinski definition) is 6. The molecule has 1 aromatic heterocycles. The quantitative estimate of drug-likeness (QED) is 0.402. The number of halogens is 2. The molecule has 0 aliphatic heterocycles. The molecule has 0 bridgehead atoms. The lowest BCUT2D eigenvalue weighted by Gasteiger charge is -2.07. The largest absolute Gasteiger partial charge is 0.366 e. The lowest BCUT2D eigenvalue weighted by Crippen LogP contribution is -2.17. The highest BCUT2D eigenvalue weighted by atomic mass is 35.5. The highest BCUT2D eigenvalue weighted by Gasteiger charge is 2.16. The van der Waals surface area contributed by atoms with E-state index >= 15 is 0 Å². The van der Waals surface area contributed by atoms with Crippen LogP contribution in [0, 0.1) is 0 Å². The normalized spacial score (nSPS) is 10.6. The number of benzene rings is 2. The Balaban J connectivity index is 1.64. The molecule has 0 radical (unpaired) electrons. The number of nitrogens with one attached hydrogen (secondary N) is 1. The van der Waals surface area contributed by atoms with Crippen molar-refractivity contribution in [1.29, 1.82) is 0 Å². The van der Waals surface area contributed by atoms with Crippen LogP contribution in [-0.2, 0) is 4.79 Å². The number of nitrogens with two attached hydrogens (primary N) is 2. The number of rotatable bonds is 6. The lowest BCUT2D eigenvalue weighted by atomic mass is 10.2. The van der Waals surface area contributed by atoms with Crippen molar-refractivity contribution in [3.8, 4) is 11.4 Å². The number of amides is 2. The average Bonchev–Trinajstić information content (AvgIpc) is 3.01. The van der Waals surface area contributed by atoms with Crippen LogP contribution in [0.1, 0.15) is 10.4 Å². The molecule has 0 atom stereocenters. The fourth-order valence-electron chi connectivity index (χ4n) is 2.27. The maximum atomic E-state index is 12.1. The third-order valence-electron chi connectivity index (χ3n) is 3.62. The average molecular weight is 437 g/mol. The van der Waals surface area contributed by atoms with Crippen LogP contribution in [0.5, 0.6) is 0 Å². The first-order chi connectivity index (χ1) is 13.3. The molecule has 0 saturated heterocycles. The van der Waals surface area contributed by atoms with E-state index in [0.717, 1.165) is 11.8 Å². The number of anilines is 1. The molecule has 2 aromatic carbocycles. The van der Waals surface area contributed by atoms with Crippen LogP contribution in [0.3, 0.4) is 0 Å². The second-order valence-electron chi connectivity index (χ2n) is 5.58. The number of hydrogen-bond donors (Lipinski definition) is 3. The molecular weight excluding hydrogens is 423 g/mol. The lowest BCUT2D eigenvalue weighted by molar-refractivity contribution is -0.113. The predicted molar refractivity (Wildman–Crippen MR) is 110 cm³/mol. The summed E-state index contributed by atoms with van der Waals surface area (Å²) in [5.74, 6) is 5.63. The van der Waals surface area contributed by atoms with Crippen molar-refractivity contribution < 1.29 is 9.59 Å². The topological polar surface area (TPSA) is 129 Å². The summed E-state index contributed by atoms with van der Waals surface area (Å²) >= 11 is 13.2. The number of nitrogens with zero attached hydrogens (tertiary/aromatic N) is 3. The van der Waals surface area contributed by atoms with Gasteiger partial charge < -0.3 is 16.9 Å². The van der Waals surface area contributed by atoms with Crippen LogP contribution in [0.15, 0.2) is 47.6 Å². The fourth-order valence-corrected chi connectivity index (χ4v) is 3.42. The number of primary amides is 1. The number of thioether (sulfide) groups is 1. The van der Waals surface area contributed by atoms with E-state index in [1.54, 1.807) is 30.3 Å². The van der Waals surface area contributed by atoms with Gasteiger partial charge in [-0.05, 0) is 42.5 Å². The summed E-state index contributed by atoms with van der Waals surface area (Å²) in [7, 11) is 0. The van der Waals surface area contributed by atoms with Gasteiger partial charge in [0.25, 0.3) is 0 Å². The highest BCUT2D eigenvalue weighted by Crippen LogP contribution is 2.30. The summed E-state index contributed by atoms with van der Waals surface area (Å²) in [6, 6.07) is 11.2. The first-order valence-electron chi connectivity index (χ1n) is 7.83. The Kier molecular flexibility index (Phi) is 6.08. The molecule has 2 amide bonds. The van der Waals surface area contributed by atoms with E-state index < -0.39 is 5.91 Å². The van der Waals surface area contributed by atoms with Crippen LogP contribution in [0.2, 0.25) is 10.0 Å². The Morgan fingerprint density at radius 3 is 2.46 bits per heavy atom. The van der Waals surface area contributed by atoms with E-state index in [2.05, 4.69) is 15.5 Å². The van der Waals surface area contributed by atoms with E-state index in [0.29, 0.717) is 37.8 Å². The minimum atomic E-state index is -0.535. The summed E-state index contributed by atoms with van der Waals surface area (Å²) in [5.41, 5.74) is 6.65. The van der Waals surface area contributed by atoms with Crippen molar-refractivity contribution in [3.63, 3.8) is 0 Å². The standard InChI is InChI=1S/C17H14Cl2N6O2S/c18-10-3-6-12(13(19)7-10)16-23-24-17(25(16)21)28-8-14(26)22-11-4-1-9(2-5-11)15(20)27/h1-7H,8,21H2,(H2,20,27)(H,22,26). The van der Waals surface area contributed by atoms with Crippen LogP contribution < -0.4 is 16.9 Å². The first-order valence-corrected chi connectivity index (χ1v) is 9.57. The van der Waals surface area contributed by atoms with E-state index in [4.69, 9.17) is 34.8 Å². The van der Waals surface area contributed by atoms with Gasteiger partial charge in [0.05, 0.1) is 10.8 Å². The van der Waals surface area contributed by atoms with Gasteiger partial charge in [-0.3, -0.25) is 9.59 Å². The zero-order valence-corrected chi connectivity index (χ0v) is 16.6. The fraction of sp³-hybridized carbons (Fsp3) is 0.0588. The van der Waals surface area contributed by atoms with Crippen molar-refractivity contribution >= 4 is 52.5 Å². The van der Waals surface area contributed by atoms with E-state index in [9.17, 15) is 9.59 Å². The SMILES string of the molecule is NC(=O)c1ccc(NC(=O)CSc2nnc(-c3ccc(Cl)cc3Cl)n2N)cc1. The van der Waals surface area contributed by atoms with E-state index in [1.807, 2.05) is 0 Å². The Labute approximate surface area is 174 Å². The smallest absolute Gasteiger partial charge is 0.248 e. The Bertz CT molecular complexity index is 1040. The highest BCUT2D eigenvalue weighted by molar-refractivity contribution is 7.99. The summed E-state index contributed by atoms with van der Waals surface area (Å²) in [6.07, 6.45) is 0. The van der Waals surface area contributed by atoms with Gasteiger partial charge in [-0.2, -0.15) is 0 Å². The van der Waals surface area contributed by atoms with Crippen molar-refractivity contribution in [1.82, 2.24) is 14.9 Å². The van der Waals surface area contributed by atoms with Gasteiger partial charge >= 0.3 is 0 Å². The summed E-state index contributed by atoms with van der Waals surface area (Å²) < 4.78 is 1.26. The van der Waals surface area contributed by atoms with Crippen molar-refractivity contribution in [2.75, 3.05) is 16.9 Å². The van der Waals surface area contributed by atoms with E-state index in [-0.39, 0.29) is 11.7 Å². The first kappa shape index (κ1) is 20.0. The second-order valence-corrected chi connectivity index (χ2v) is 7.36. The van der Waals surface area contributed by atoms with Crippen molar-refractivity contribution in [2.45, 2.75) is 5.16 Å². The molecule has 28 heavy (non-hydrogen) atoms. The number of aromatic nitrogens is 3. The maximum Gasteiger partial charge on any atom is 0.248 e. The van der Waals surface area contributed by atoms with Gasteiger partial charge in [0, 0.05) is 21.8 Å². The Morgan fingerprint density at radius 2 is 1.82 bits per heavy atom. The van der Waals surface area contributed by atoms with E-state index in [1.165, 1.54) is 16.8 Å². The molecule has 0 unspecified atom stereocenters. The molecule has 0 aliphatic carbocycles. The van der Waals surface area contributed by atoms with Gasteiger partial charge in [0.2, 0.25) is 17.0 Å². The molecule has 0 aliphatic rings. The number of nitrogen functional groups attached to an aromatic ring is 1. The number of carbonyl (C=O) groups excluding carboxylic acids is 2. The molecule has 0 saturated carbocycles. The molecule has 0 spiro atoms. The van der Waals surface area contributed by atoms with Gasteiger partial charge in [-0.1, -0.05) is 35.0 Å². The molecule has 11 heteroatoms. The third-order valence-corrected chi connectivity index (χ3v) is 5.11. The molecule has 144 valence electrons. The molecule has 3 aromatic rings. The van der Waals surface area contributed by atoms with Gasteiger partial charge in [-0.15, -0.1) is 10.2 Å². The van der Waals surface area contributed by atoms with Crippen molar-refractivity contribution in [3.05, 3.63) is 58.1 Å². The zero-order valence-electron chi connectivity index (χ0n) is 14.2. The molecule has 3 rings (SSSR count). The number of carbonyl (C=O) groups is 2. The van der Waals surface area contributed by atoms with Gasteiger partial charge in [-0.25, -0.2) is 4.68 Å². The summed E-state index contributed by atoms with van der Waals surface area (Å²) in [6.45, 7) is 0. The molecule has 8 nitrogen and oxygen atoms in total. The Hall–Kier alpha value is -2.75. The van der Waals surface area contributed by atoms with Gasteiger partial charge in [0.1, 0.15) is 0 Å². The third kappa shape index (κ3) is 4.56. The second kappa shape index (κ2) is 8.51. The molecule has 1 heterocycles. The monoisotopic (exact) mass is 436 g/mol. The summed E-state index contributed by atoms with van der Waals surface area (Å²) in [4.78, 5) is 23.2. The van der Waals surface area contributed by atoms with Crippen molar-refractivity contribution in [2.24, 2.45) is 5.73 Å². The minimum Gasteiger partial charge on any atom is -0.366 e.